The first kappa shape index (κ1) is 52.7. The fourth-order valence-corrected chi connectivity index (χ4v) is 10.7. The highest BCUT2D eigenvalue weighted by atomic mass is 16.7. The third kappa shape index (κ3) is 10.9. The van der Waals surface area contributed by atoms with Crippen LogP contribution in [0.1, 0.15) is 90.2 Å². The molecule has 74 heavy (non-hydrogen) atoms. The maximum atomic E-state index is 14.4. The molecule has 2 aromatic heterocycles. The van der Waals surface area contributed by atoms with Crippen LogP contribution in [0.2, 0.25) is 0 Å². The van der Waals surface area contributed by atoms with Gasteiger partial charge in [-0.1, -0.05) is 48.1 Å². The lowest BCUT2D eigenvalue weighted by Crippen LogP contribution is -2.36. The van der Waals surface area contributed by atoms with Crippen LogP contribution in [0.5, 0.6) is 0 Å². The van der Waals surface area contributed by atoms with Crippen molar-refractivity contribution in [3.8, 4) is 0 Å². The van der Waals surface area contributed by atoms with Gasteiger partial charge in [-0.25, -0.2) is 9.59 Å². The molecule has 0 bridgehead atoms. The molecule has 2 aliphatic carbocycles. The van der Waals surface area contributed by atoms with E-state index in [4.69, 9.17) is 28.6 Å². The Labute approximate surface area is 425 Å². The van der Waals surface area contributed by atoms with E-state index in [9.17, 15) is 39.4 Å². The van der Waals surface area contributed by atoms with Gasteiger partial charge in [0.05, 0.1) is 46.7 Å². The highest BCUT2D eigenvalue weighted by Crippen LogP contribution is 2.37. The average Bonchev–Trinajstić information content (AvgIpc) is 3.90. The van der Waals surface area contributed by atoms with E-state index in [1.54, 1.807) is 62.4 Å². The van der Waals surface area contributed by atoms with Crippen LogP contribution in [0.4, 0.5) is 11.4 Å². The molecule has 2 heterocycles. The summed E-state index contributed by atoms with van der Waals surface area (Å²) in [5.41, 5.74) is 2.97. The number of aromatic nitrogens is 2. The van der Waals surface area contributed by atoms with Gasteiger partial charge in [0.25, 0.3) is 11.4 Å². The Hall–Kier alpha value is -7.58. The fraction of sp³-hybridized carbons (Fsp3) is 0.444. The smallest absolute Gasteiger partial charge is 0.338 e. The number of hydrogen-bond acceptors (Lipinski definition) is 16. The van der Waals surface area contributed by atoms with Gasteiger partial charge in [0.2, 0.25) is 0 Å². The van der Waals surface area contributed by atoms with Gasteiger partial charge in [0.15, 0.2) is 0 Å². The second kappa shape index (κ2) is 23.1. The minimum Gasteiger partial charge on any atom is -0.460 e. The Morgan fingerprint density at radius 1 is 0.541 bits per heavy atom. The Morgan fingerprint density at radius 2 is 0.865 bits per heavy atom. The number of esters is 2. The number of fused-ring (bicyclic) bond motifs is 6. The highest BCUT2D eigenvalue weighted by molar-refractivity contribution is 6.54. The Kier molecular flexibility index (Phi) is 16.5. The summed E-state index contributed by atoms with van der Waals surface area (Å²) in [5, 5.41) is 35.6. The van der Waals surface area contributed by atoms with Crippen molar-refractivity contribution < 1.29 is 57.6 Å². The fourth-order valence-electron chi connectivity index (χ4n) is 10.7. The summed E-state index contributed by atoms with van der Waals surface area (Å²) in [4.78, 5) is 91.1. The maximum absolute atomic E-state index is 14.4. The molecule has 6 atom stereocenters. The second-order valence-electron chi connectivity index (χ2n) is 19.0. The van der Waals surface area contributed by atoms with E-state index in [1.807, 2.05) is 23.0 Å². The molecule has 20 heteroatoms. The molecule has 6 unspecified atom stereocenters. The van der Waals surface area contributed by atoms with Crippen molar-refractivity contribution in [2.45, 2.75) is 104 Å². The van der Waals surface area contributed by atoms with Crippen LogP contribution >= 0.6 is 0 Å². The molecule has 2 aliphatic rings. The van der Waals surface area contributed by atoms with E-state index in [0.29, 0.717) is 86.0 Å². The Morgan fingerprint density at radius 3 is 1.19 bits per heavy atom. The summed E-state index contributed by atoms with van der Waals surface area (Å²) in [7, 11) is 2.98. The van der Waals surface area contributed by atoms with E-state index in [2.05, 4.69) is 10.3 Å². The summed E-state index contributed by atoms with van der Waals surface area (Å²) < 4.78 is 25.7. The molecule has 0 aliphatic heterocycles. The molecule has 4 aromatic carbocycles. The summed E-state index contributed by atoms with van der Waals surface area (Å²) in [6.45, 7) is 8.61. The Balaban J connectivity index is 1.32. The topological polar surface area (TPSA) is 245 Å². The SMILES string of the molecule is CCn1c2ccc(C(=N\OC(=O)C3CCCCC3C(=O)OC(C)COC)/C(=N/OC(=O)C3CCCCC3C(=O)OC(C)COC)c3ccc4c(c3)c3cc([N+](=O)[O-])ccc3n4CC)cc2c2cc([N+](=O)[O-])ccc21. The van der Waals surface area contributed by atoms with Crippen molar-refractivity contribution >= 4 is 90.3 Å². The number of non-ortho nitro benzene ring substituents is 2. The molecule has 0 saturated heterocycles. The lowest BCUT2D eigenvalue weighted by Gasteiger charge is -2.28. The van der Waals surface area contributed by atoms with Gasteiger partial charge in [-0.3, -0.25) is 29.8 Å². The molecule has 6 aromatic rings. The van der Waals surface area contributed by atoms with E-state index < -0.39 is 69.6 Å². The summed E-state index contributed by atoms with van der Waals surface area (Å²) in [6, 6.07) is 19.7. The first-order chi connectivity index (χ1) is 35.7. The number of carbonyl (C=O) groups is 4. The molecule has 0 amide bonds. The van der Waals surface area contributed by atoms with Gasteiger partial charge in [0.1, 0.15) is 23.6 Å². The first-order valence-electron chi connectivity index (χ1n) is 25.1. The van der Waals surface area contributed by atoms with Gasteiger partial charge in [-0.15, -0.1) is 0 Å². The molecule has 0 N–H and O–H groups in total. The number of ether oxygens (including phenoxy) is 4. The van der Waals surface area contributed by atoms with Crippen molar-refractivity contribution in [3.05, 3.63) is 104 Å². The predicted octanol–water partition coefficient (Wildman–Crippen LogP) is 9.72. The number of aryl methyl sites for hydroxylation is 2. The van der Waals surface area contributed by atoms with Gasteiger partial charge >= 0.3 is 23.9 Å². The normalized spacial score (nSPS) is 19.3. The van der Waals surface area contributed by atoms with E-state index in [1.165, 1.54) is 38.5 Å². The van der Waals surface area contributed by atoms with Crippen molar-refractivity contribution in [3.63, 3.8) is 0 Å². The molecule has 390 valence electrons. The van der Waals surface area contributed by atoms with Crippen LogP contribution in [0, 0.1) is 43.9 Å². The van der Waals surface area contributed by atoms with Crippen LogP contribution < -0.4 is 0 Å². The van der Waals surface area contributed by atoms with Crippen molar-refractivity contribution in [1.82, 2.24) is 9.13 Å². The molecule has 2 saturated carbocycles. The molecule has 2 fully saturated rings. The zero-order chi connectivity index (χ0) is 52.8. The standard InChI is InChI=1S/C54H60N6O14/c1-7-57-45-21-17-33(25-41(45)43-27-35(59(65)66)19-23-47(43)57)49(55-73-53(63)39-15-11-9-13-37(39)51(61)71-31(3)29-69-5)50(56-74-54(64)40-16-12-10-14-38(40)52(62)72-32(4)30-70-6)34-18-22-46-42(26-34)44-28-36(60(67)68)20-24-48(44)58(46)8-2/h17-28,31-32,37-40H,7-16,29-30H2,1-6H3/b55-49+,56-50+. The number of nitro benzene ring substituents is 2. The number of nitrogens with zero attached hydrogens (tertiary/aromatic N) is 6. The number of nitro groups is 2. The molecule has 20 nitrogen and oxygen atoms in total. The van der Waals surface area contributed by atoms with Crippen molar-refractivity contribution in [1.29, 1.82) is 0 Å². The largest absolute Gasteiger partial charge is 0.460 e. The van der Waals surface area contributed by atoms with Crippen molar-refractivity contribution in [2.24, 2.45) is 34.0 Å². The summed E-state index contributed by atoms with van der Waals surface area (Å²) in [5.74, 6) is -6.35. The van der Waals surface area contributed by atoms with Crippen LogP contribution in [-0.2, 0) is 60.9 Å². The summed E-state index contributed by atoms with van der Waals surface area (Å²) >= 11 is 0. The zero-order valence-corrected chi connectivity index (χ0v) is 42.3. The number of oxime groups is 2. The van der Waals surface area contributed by atoms with Gasteiger partial charge in [-0.2, -0.15) is 0 Å². The minimum atomic E-state index is -0.943. The Bertz CT molecular complexity index is 3000. The van der Waals surface area contributed by atoms with Crippen LogP contribution in [0.15, 0.2) is 83.1 Å². The lowest BCUT2D eigenvalue weighted by atomic mass is 9.79. The van der Waals surface area contributed by atoms with E-state index in [-0.39, 0.29) is 47.1 Å². The molecule has 0 spiro atoms. The molecule has 0 radical (unpaired) electrons. The number of hydrogen-bond donors (Lipinski definition) is 0. The second-order valence-corrected chi connectivity index (χ2v) is 19.0. The molecule has 8 rings (SSSR count). The van der Waals surface area contributed by atoms with Crippen molar-refractivity contribution in [2.75, 3.05) is 27.4 Å². The lowest BCUT2D eigenvalue weighted by molar-refractivity contribution is -0.384. The average molecular weight is 1020 g/mol. The third-order valence-corrected chi connectivity index (χ3v) is 14.2. The number of carbonyl (C=O) groups excluding carboxylic acids is 4. The van der Waals surface area contributed by atoms with Gasteiger partial charge < -0.3 is 37.8 Å². The van der Waals surface area contributed by atoms with Gasteiger partial charge in [-0.05, 0) is 89.8 Å². The highest BCUT2D eigenvalue weighted by Gasteiger charge is 2.41. The minimum absolute atomic E-state index is 0.114. The number of methoxy groups -OCH3 is 2. The van der Waals surface area contributed by atoms with E-state index in [0.717, 1.165) is 22.1 Å². The quantitative estimate of drug-likeness (QED) is 0.0241. The van der Waals surface area contributed by atoms with Crippen LogP contribution in [0.25, 0.3) is 43.6 Å². The zero-order valence-electron chi connectivity index (χ0n) is 42.3. The van der Waals surface area contributed by atoms with E-state index >= 15 is 0 Å². The van der Waals surface area contributed by atoms with Gasteiger partial charge in [0, 0.05) is 106 Å². The number of benzene rings is 4. The van der Waals surface area contributed by atoms with Crippen LogP contribution in [-0.4, -0.2) is 93.9 Å². The maximum Gasteiger partial charge on any atom is 0.338 e. The molecular weight excluding hydrogens is 957 g/mol. The monoisotopic (exact) mass is 1020 g/mol. The van der Waals surface area contributed by atoms with Crippen LogP contribution in [0.3, 0.4) is 0 Å². The summed E-state index contributed by atoms with van der Waals surface area (Å²) in [6.07, 6.45) is 2.81. The molecular formula is C54H60N6O14. The number of rotatable bonds is 19. The first-order valence-corrected chi connectivity index (χ1v) is 25.1. The third-order valence-electron chi connectivity index (χ3n) is 14.2. The predicted molar refractivity (Wildman–Crippen MR) is 275 cm³/mol.